The zero-order chi connectivity index (χ0) is 10.9. The molecule has 1 saturated carbocycles. The number of amides is 2. The second kappa shape index (κ2) is 3.81. The number of carbonyl (C=O) groups excluding carboxylic acids is 2. The van der Waals surface area contributed by atoms with Crippen molar-refractivity contribution in [2.75, 3.05) is 20.1 Å². The van der Waals surface area contributed by atoms with Crippen LogP contribution in [0.1, 0.15) is 25.7 Å². The lowest BCUT2D eigenvalue weighted by Gasteiger charge is -2.17. The second-order valence-electron chi connectivity index (χ2n) is 4.13. The molecule has 1 spiro atoms. The number of carbonyl (C=O) groups is 2. The molecular formula is C10H16N2O3. The molecule has 5 heteroatoms. The predicted octanol–water partition coefficient (Wildman–Crippen LogP) is 0.497. The largest absolute Gasteiger partial charge is 0.432 e. The van der Waals surface area contributed by atoms with Gasteiger partial charge in [-0.1, -0.05) is 0 Å². The average molecular weight is 212 g/mol. The number of likely N-dealkylation sites (N-methyl/N-ethyl adjacent to an activating group) is 1. The Morgan fingerprint density at radius 3 is 2.67 bits per heavy atom. The van der Waals surface area contributed by atoms with E-state index in [0.717, 1.165) is 12.8 Å². The van der Waals surface area contributed by atoms with Crippen LogP contribution in [0.25, 0.3) is 0 Å². The summed E-state index contributed by atoms with van der Waals surface area (Å²) in [7, 11) is 1.79. The maximum atomic E-state index is 12.0. The molecule has 1 heterocycles. The monoisotopic (exact) mass is 212 g/mol. The van der Waals surface area contributed by atoms with Crippen molar-refractivity contribution in [1.29, 1.82) is 0 Å². The van der Waals surface area contributed by atoms with Crippen LogP contribution in [-0.4, -0.2) is 42.6 Å². The van der Waals surface area contributed by atoms with Gasteiger partial charge in [-0.05, 0) is 32.7 Å². The summed E-state index contributed by atoms with van der Waals surface area (Å²) in [5, 5.41) is 2.91. The Balaban J connectivity index is 2.08. The first-order valence-electron chi connectivity index (χ1n) is 5.39. The van der Waals surface area contributed by atoms with Crippen LogP contribution in [0.2, 0.25) is 0 Å². The van der Waals surface area contributed by atoms with Crippen LogP contribution in [0.15, 0.2) is 0 Å². The van der Waals surface area contributed by atoms with Gasteiger partial charge in [-0.2, -0.15) is 0 Å². The minimum atomic E-state index is -0.801. The van der Waals surface area contributed by atoms with E-state index in [1.165, 1.54) is 4.90 Å². The smallest absolute Gasteiger partial charge is 0.417 e. The van der Waals surface area contributed by atoms with Gasteiger partial charge in [0.05, 0.1) is 0 Å². The van der Waals surface area contributed by atoms with Crippen LogP contribution < -0.4 is 5.32 Å². The molecule has 2 aliphatic rings. The molecule has 2 fully saturated rings. The third kappa shape index (κ3) is 1.61. The average Bonchev–Trinajstić information content (AvgIpc) is 2.75. The molecule has 2 rings (SSSR count). The summed E-state index contributed by atoms with van der Waals surface area (Å²) in [5.41, 5.74) is -0.801. The molecule has 1 aliphatic heterocycles. The van der Waals surface area contributed by atoms with Crippen molar-refractivity contribution in [3.8, 4) is 0 Å². The molecule has 0 aromatic rings. The summed E-state index contributed by atoms with van der Waals surface area (Å²) in [6.45, 7) is 1.01. The van der Waals surface area contributed by atoms with Gasteiger partial charge in [-0.25, -0.2) is 9.69 Å². The standard InChI is InChI=1S/C10H16N2O3/c1-11-6-7-12-8(13)10(15-9(12)14)4-2-3-5-10/h11H,2-7H2,1H3. The first-order valence-corrected chi connectivity index (χ1v) is 5.39. The number of hydrogen-bond donors (Lipinski definition) is 1. The summed E-state index contributed by atoms with van der Waals surface area (Å²) in [5.74, 6) is -0.139. The van der Waals surface area contributed by atoms with Crippen molar-refractivity contribution in [2.45, 2.75) is 31.3 Å². The van der Waals surface area contributed by atoms with Gasteiger partial charge < -0.3 is 10.1 Å². The molecule has 84 valence electrons. The van der Waals surface area contributed by atoms with Gasteiger partial charge >= 0.3 is 6.09 Å². The lowest BCUT2D eigenvalue weighted by atomic mass is 10.0. The maximum absolute atomic E-state index is 12.0. The van der Waals surface area contributed by atoms with Gasteiger partial charge in [-0.15, -0.1) is 0 Å². The Morgan fingerprint density at radius 1 is 1.40 bits per heavy atom. The Bertz CT molecular complexity index is 284. The minimum Gasteiger partial charge on any atom is -0.432 e. The van der Waals surface area contributed by atoms with Gasteiger partial charge in [0.15, 0.2) is 5.60 Å². The highest BCUT2D eigenvalue weighted by Crippen LogP contribution is 2.39. The van der Waals surface area contributed by atoms with Crippen molar-refractivity contribution in [3.05, 3.63) is 0 Å². The Kier molecular flexibility index (Phi) is 2.65. The highest BCUT2D eigenvalue weighted by Gasteiger charge is 2.54. The molecule has 5 nitrogen and oxygen atoms in total. The molecule has 1 saturated heterocycles. The third-order valence-electron chi connectivity index (χ3n) is 3.13. The first kappa shape index (κ1) is 10.4. The fourth-order valence-corrected chi connectivity index (χ4v) is 2.27. The second-order valence-corrected chi connectivity index (χ2v) is 4.13. The van der Waals surface area contributed by atoms with Crippen molar-refractivity contribution in [3.63, 3.8) is 0 Å². The number of hydrogen-bond acceptors (Lipinski definition) is 4. The van der Waals surface area contributed by atoms with Crippen molar-refractivity contribution in [1.82, 2.24) is 10.2 Å². The predicted molar refractivity (Wildman–Crippen MR) is 53.3 cm³/mol. The Hall–Kier alpha value is -1.10. The maximum Gasteiger partial charge on any atom is 0.417 e. The fourth-order valence-electron chi connectivity index (χ4n) is 2.27. The van der Waals surface area contributed by atoms with Gasteiger partial charge in [-0.3, -0.25) is 4.79 Å². The van der Waals surface area contributed by atoms with Gasteiger partial charge in [0.1, 0.15) is 0 Å². The molecule has 2 amide bonds. The summed E-state index contributed by atoms with van der Waals surface area (Å²) in [6.07, 6.45) is 2.84. The first-order chi connectivity index (χ1) is 7.19. The summed E-state index contributed by atoms with van der Waals surface area (Å²) >= 11 is 0. The zero-order valence-electron chi connectivity index (χ0n) is 8.91. The molecule has 0 unspecified atom stereocenters. The number of imide groups is 1. The summed E-state index contributed by atoms with van der Waals surface area (Å²) in [6, 6.07) is 0. The van der Waals surface area contributed by atoms with Gasteiger partial charge in [0.25, 0.3) is 5.91 Å². The van der Waals surface area contributed by atoms with E-state index in [-0.39, 0.29) is 5.91 Å². The molecule has 0 bridgehead atoms. The van der Waals surface area contributed by atoms with Gasteiger partial charge in [0, 0.05) is 13.1 Å². The quantitative estimate of drug-likeness (QED) is 0.740. The molecule has 0 aromatic carbocycles. The van der Waals surface area contributed by atoms with E-state index >= 15 is 0 Å². The fraction of sp³-hybridized carbons (Fsp3) is 0.800. The molecule has 1 N–H and O–H groups in total. The zero-order valence-corrected chi connectivity index (χ0v) is 8.91. The Labute approximate surface area is 88.8 Å². The number of rotatable bonds is 3. The lowest BCUT2D eigenvalue weighted by Crippen LogP contribution is -2.41. The SMILES string of the molecule is CNCCN1C(=O)OC2(CCCC2)C1=O. The molecule has 0 atom stereocenters. The van der Waals surface area contributed by atoms with Crippen molar-refractivity contribution >= 4 is 12.0 Å². The summed E-state index contributed by atoms with van der Waals surface area (Å²) < 4.78 is 5.24. The minimum absolute atomic E-state index is 0.139. The Morgan fingerprint density at radius 2 is 2.07 bits per heavy atom. The van der Waals surface area contributed by atoms with Gasteiger partial charge in [0.2, 0.25) is 0 Å². The third-order valence-corrected chi connectivity index (χ3v) is 3.13. The van der Waals surface area contributed by atoms with E-state index in [0.29, 0.717) is 25.9 Å². The van der Waals surface area contributed by atoms with Crippen LogP contribution in [-0.2, 0) is 9.53 Å². The van der Waals surface area contributed by atoms with Crippen LogP contribution in [0.3, 0.4) is 0 Å². The highest BCUT2D eigenvalue weighted by atomic mass is 16.6. The molecular weight excluding hydrogens is 196 g/mol. The van der Waals surface area contributed by atoms with E-state index in [2.05, 4.69) is 5.32 Å². The van der Waals surface area contributed by atoms with E-state index < -0.39 is 11.7 Å². The van der Waals surface area contributed by atoms with Crippen LogP contribution in [0.5, 0.6) is 0 Å². The van der Waals surface area contributed by atoms with Crippen molar-refractivity contribution in [2.24, 2.45) is 0 Å². The summed E-state index contributed by atoms with van der Waals surface area (Å²) in [4.78, 5) is 24.7. The van der Waals surface area contributed by atoms with Crippen LogP contribution in [0.4, 0.5) is 4.79 Å². The topological polar surface area (TPSA) is 58.6 Å². The van der Waals surface area contributed by atoms with E-state index in [9.17, 15) is 9.59 Å². The molecule has 1 aliphatic carbocycles. The molecule has 0 aromatic heterocycles. The molecule has 0 radical (unpaired) electrons. The van der Waals surface area contributed by atoms with Crippen molar-refractivity contribution < 1.29 is 14.3 Å². The normalized spacial score (nSPS) is 23.9. The number of ether oxygens (including phenoxy) is 1. The van der Waals surface area contributed by atoms with E-state index in [1.54, 1.807) is 7.05 Å². The molecule has 15 heavy (non-hydrogen) atoms. The van der Waals surface area contributed by atoms with Crippen LogP contribution in [0, 0.1) is 0 Å². The van der Waals surface area contributed by atoms with E-state index in [4.69, 9.17) is 4.74 Å². The van der Waals surface area contributed by atoms with E-state index in [1.807, 2.05) is 0 Å². The lowest BCUT2D eigenvalue weighted by molar-refractivity contribution is -0.136. The number of nitrogens with one attached hydrogen (secondary N) is 1. The number of nitrogens with zero attached hydrogens (tertiary/aromatic N) is 1. The highest BCUT2D eigenvalue weighted by molar-refractivity contribution is 6.03. The van der Waals surface area contributed by atoms with Crippen LogP contribution >= 0.6 is 0 Å².